The van der Waals surface area contributed by atoms with E-state index in [1.54, 1.807) is 6.07 Å². The van der Waals surface area contributed by atoms with E-state index in [9.17, 15) is 4.79 Å². The summed E-state index contributed by atoms with van der Waals surface area (Å²) in [7, 11) is 0. The highest BCUT2D eigenvalue weighted by molar-refractivity contribution is 7.71. The molecule has 0 aliphatic carbocycles. The van der Waals surface area contributed by atoms with Crippen molar-refractivity contribution in [2.75, 3.05) is 0 Å². The monoisotopic (exact) mass is 337 g/mol. The summed E-state index contributed by atoms with van der Waals surface area (Å²) in [5.41, 5.74) is 2.66. The molecule has 0 aliphatic rings. The van der Waals surface area contributed by atoms with E-state index < -0.39 is 0 Å². The summed E-state index contributed by atoms with van der Waals surface area (Å²) in [6, 6.07) is 12.8. The fourth-order valence-electron chi connectivity index (χ4n) is 2.72. The fourth-order valence-corrected chi connectivity index (χ4v) is 3.01. The Balaban J connectivity index is 1.99. The number of hydrogen-bond donors (Lipinski definition) is 1. The second kappa shape index (κ2) is 5.42. The quantitative estimate of drug-likeness (QED) is 0.554. The van der Waals surface area contributed by atoms with E-state index in [0.717, 1.165) is 5.52 Å². The van der Waals surface area contributed by atoms with Gasteiger partial charge in [0.2, 0.25) is 0 Å². The third-order valence-electron chi connectivity index (χ3n) is 3.95. The molecule has 0 bridgehead atoms. The van der Waals surface area contributed by atoms with Crippen LogP contribution < -0.4 is 5.56 Å². The molecule has 4 aromatic rings. The Kier molecular flexibility index (Phi) is 3.35. The average Bonchev–Trinajstić information content (AvgIpc) is 2.98. The first-order chi connectivity index (χ1) is 11.5. The van der Waals surface area contributed by atoms with Gasteiger partial charge in [-0.05, 0) is 42.5 Å². The van der Waals surface area contributed by atoms with Crippen LogP contribution >= 0.6 is 12.2 Å². The van der Waals surface area contributed by atoms with Gasteiger partial charge in [0.25, 0.3) is 5.56 Å². The molecule has 0 radical (unpaired) electrons. The molecule has 2 aromatic heterocycles. The van der Waals surface area contributed by atoms with Gasteiger partial charge in [-0.3, -0.25) is 9.36 Å². The van der Waals surface area contributed by atoms with E-state index in [0.29, 0.717) is 32.8 Å². The number of fused-ring (bicyclic) bond motifs is 2. The Bertz CT molecular complexity index is 1180. The molecule has 4 rings (SSSR count). The van der Waals surface area contributed by atoms with Crippen LogP contribution in [0.25, 0.3) is 27.7 Å². The van der Waals surface area contributed by atoms with Gasteiger partial charge in [0.1, 0.15) is 5.52 Å². The molecule has 2 heterocycles. The van der Waals surface area contributed by atoms with Gasteiger partial charge in [0.05, 0.1) is 16.6 Å². The molecule has 0 unspecified atom stereocenters. The maximum atomic E-state index is 12.8. The normalized spacial score (nSPS) is 11.6. The summed E-state index contributed by atoms with van der Waals surface area (Å²) < 4.78 is 7.56. The van der Waals surface area contributed by atoms with Crippen LogP contribution in [0.2, 0.25) is 0 Å². The number of nitrogens with zero attached hydrogens (tertiary/aromatic N) is 2. The predicted octanol–water partition coefficient (Wildman–Crippen LogP) is 4.31. The molecule has 0 spiro atoms. The van der Waals surface area contributed by atoms with Gasteiger partial charge in [0.15, 0.2) is 16.2 Å². The second-order valence-electron chi connectivity index (χ2n) is 5.98. The molecule has 24 heavy (non-hydrogen) atoms. The van der Waals surface area contributed by atoms with E-state index in [1.807, 2.05) is 50.2 Å². The molecular weight excluding hydrogens is 322 g/mol. The molecule has 1 N–H and O–H groups in total. The highest BCUT2D eigenvalue weighted by Crippen LogP contribution is 2.23. The van der Waals surface area contributed by atoms with Crippen LogP contribution in [0.5, 0.6) is 0 Å². The molecule has 0 fully saturated rings. The highest BCUT2D eigenvalue weighted by atomic mass is 32.1. The molecule has 2 aromatic carbocycles. The zero-order valence-corrected chi connectivity index (χ0v) is 14.1. The van der Waals surface area contributed by atoms with Crippen molar-refractivity contribution in [2.45, 2.75) is 19.8 Å². The van der Waals surface area contributed by atoms with Crippen LogP contribution in [0.4, 0.5) is 0 Å². The first-order valence-electron chi connectivity index (χ1n) is 7.69. The molecule has 6 heteroatoms. The zero-order valence-electron chi connectivity index (χ0n) is 13.2. The van der Waals surface area contributed by atoms with Crippen LogP contribution in [-0.2, 0) is 0 Å². The Morgan fingerprint density at radius 2 is 2.00 bits per heavy atom. The number of oxazole rings is 1. The summed E-state index contributed by atoms with van der Waals surface area (Å²) in [5.74, 6) is 0.880. The summed E-state index contributed by atoms with van der Waals surface area (Å²) in [4.78, 5) is 20.4. The van der Waals surface area contributed by atoms with Crippen LogP contribution in [-0.4, -0.2) is 14.5 Å². The largest absolute Gasteiger partial charge is 0.440 e. The molecule has 0 saturated carbocycles. The van der Waals surface area contributed by atoms with Crippen molar-refractivity contribution >= 4 is 34.2 Å². The molecule has 0 atom stereocenters. The summed E-state index contributed by atoms with van der Waals surface area (Å²) in [6.07, 6.45) is 0. The highest BCUT2D eigenvalue weighted by Gasteiger charge is 2.12. The molecule has 0 saturated heterocycles. The van der Waals surface area contributed by atoms with E-state index >= 15 is 0 Å². The number of H-pyrrole nitrogens is 1. The number of nitrogens with one attached hydrogen (secondary N) is 1. The van der Waals surface area contributed by atoms with Crippen LogP contribution in [0.3, 0.4) is 0 Å². The predicted molar refractivity (Wildman–Crippen MR) is 96.4 cm³/mol. The lowest BCUT2D eigenvalue weighted by Gasteiger charge is -2.07. The number of aromatic nitrogens is 3. The van der Waals surface area contributed by atoms with Gasteiger partial charge in [-0.2, -0.15) is 0 Å². The lowest BCUT2D eigenvalue weighted by Crippen LogP contribution is -2.20. The van der Waals surface area contributed by atoms with E-state index in [2.05, 4.69) is 9.97 Å². The fraction of sp³-hybridized carbons (Fsp3) is 0.167. The average molecular weight is 337 g/mol. The van der Waals surface area contributed by atoms with Crippen molar-refractivity contribution < 1.29 is 4.42 Å². The first-order valence-corrected chi connectivity index (χ1v) is 8.10. The number of benzene rings is 2. The smallest absolute Gasteiger partial charge is 0.266 e. The summed E-state index contributed by atoms with van der Waals surface area (Å²) in [5, 5.41) is 0.592. The van der Waals surface area contributed by atoms with Crippen molar-refractivity contribution in [3.8, 4) is 5.69 Å². The Morgan fingerprint density at radius 3 is 2.79 bits per heavy atom. The molecule has 0 amide bonds. The number of rotatable bonds is 2. The number of hydrogen-bond acceptors (Lipinski definition) is 4. The maximum absolute atomic E-state index is 12.8. The minimum Gasteiger partial charge on any atom is -0.440 e. The summed E-state index contributed by atoms with van der Waals surface area (Å²) in [6.45, 7) is 4.05. The van der Waals surface area contributed by atoms with E-state index in [-0.39, 0.29) is 11.5 Å². The van der Waals surface area contributed by atoms with Crippen molar-refractivity contribution in [1.82, 2.24) is 14.5 Å². The van der Waals surface area contributed by atoms with Crippen LogP contribution in [0.1, 0.15) is 25.7 Å². The van der Waals surface area contributed by atoms with Crippen molar-refractivity contribution in [2.24, 2.45) is 0 Å². The zero-order chi connectivity index (χ0) is 16.8. The van der Waals surface area contributed by atoms with E-state index in [4.69, 9.17) is 16.6 Å². The van der Waals surface area contributed by atoms with Gasteiger partial charge < -0.3 is 9.40 Å². The third kappa shape index (κ3) is 2.27. The van der Waals surface area contributed by atoms with Crippen LogP contribution in [0.15, 0.2) is 51.7 Å². The van der Waals surface area contributed by atoms with Gasteiger partial charge >= 0.3 is 0 Å². The second-order valence-corrected chi connectivity index (χ2v) is 6.36. The minimum atomic E-state index is -0.152. The molecule has 0 aliphatic heterocycles. The van der Waals surface area contributed by atoms with Gasteiger partial charge in [-0.25, -0.2) is 4.98 Å². The Morgan fingerprint density at radius 1 is 1.21 bits per heavy atom. The number of para-hydroxylation sites is 1. The summed E-state index contributed by atoms with van der Waals surface area (Å²) >= 11 is 5.38. The lowest BCUT2D eigenvalue weighted by molar-refractivity contribution is 0.501. The molecule has 120 valence electrons. The van der Waals surface area contributed by atoms with Gasteiger partial charge in [0, 0.05) is 5.92 Å². The van der Waals surface area contributed by atoms with Gasteiger partial charge in [-0.15, -0.1) is 0 Å². The Hall–Kier alpha value is -2.73. The number of aromatic amines is 1. The lowest BCUT2D eigenvalue weighted by atomic mass is 10.2. The first kappa shape index (κ1) is 14.8. The minimum absolute atomic E-state index is 0.152. The van der Waals surface area contributed by atoms with Crippen molar-refractivity contribution in [1.29, 1.82) is 0 Å². The third-order valence-corrected chi connectivity index (χ3v) is 4.23. The van der Waals surface area contributed by atoms with Crippen molar-refractivity contribution in [3.05, 3.63) is 63.5 Å². The van der Waals surface area contributed by atoms with E-state index in [1.165, 1.54) is 4.57 Å². The Labute approximate surface area is 142 Å². The standard InChI is InChI=1S/C18H15N3O2S/c1-10(2)16-19-14-9-11(7-8-15(14)23-16)21-17(22)12-5-3-4-6-13(12)20-18(21)24/h3-10H,1-2H3,(H,20,24). The molecular formula is C18H15N3O2S. The maximum Gasteiger partial charge on any atom is 0.266 e. The topological polar surface area (TPSA) is 63.8 Å². The van der Waals surface area contributed by atoms with Gasteiger partial charge in [-0.1, -0.05) is 26.0 Å². The molecule has 5 nitrogen and oxygen atoms in total. The van der Waals surface area contributed by atoms with Crippen molar-refractivity contribution in [3.63, 3.8) is 0 Å². The van der Waals surface area contributed by atoms with Crippen LogP contribution in [0, 0.1) is 4.77 Å². The SMILES string of the molecule is CC(C)c1nc2cc(-n3c(=S)[nH]c4ccccc4c3=O)ccc2o1.